The van der Waals surface area contributed by atoms with Crippen molar-refractivity contribution in [1.82, 2.24) is 0 Å². The van der Waals surface area contributed by atoms with Gasteiger partial charge in [-0.05, 0) is 42.2 Å². The van der Waals surface area contributed by atoms with E-state index < -0.39 is 0 Å². The molecule has 108 valence electrons. The Kier molecular flexibility index (Phi) is 7.26. The summed E-state index contributed by atoms with van der Waals surface area (Å²) in [6.07, 6.45) is 2.12. The third-order valence-corrected chi connectivity index (χ3v) is 3.14. The Morgan fingerprint density at radius 2 is 1.40 bits per heavy atom. The van der Waals surface area contributed by atoms with Crippen molar-refractivity contribution in [3.63, 3.8) is 0 Å². The maximum Gasteiger partial charge on any atom is 0.122 e. The summed E-state index contributed by atoms with van der Waals surface area (Å²) in [6.45, 7) is 4.26. The van der Waals surface area contributed by atoms with Crippen LogP contribution < -0.4 is 9.47 Å². The lowest BCUT2D eigenvalue weighted by Crippen LogP contribution is -1.88. The van der Waals surface area contributed by atoms with E-state index >= 15 is 0 Å². The smallest absolute Gasteiger partial charge is 0.122 e. The zero-order chi connectivity index (χ0) is 14.8. The van der Waals surface area contributed by atoms with E-state index in [1.54, 1.807) is 14.2 Å². The van der Waals surface area contributed by atoms with Gasteiger partial charge in [0.1, 0.15) is 11.5 Å². The molecule has 0 aliphatic heterocycles. The molecular weight excluding hydrogens is 248 g/mol. The van der Waals surface area contributed by atoms with Crippen molar-refractivity contribution in [3.05, 3.63) is 59.7 Å². The molecule has 0 bridgehead atoms. The Bertz CT molecular complexity index is 443. The number of rotatable bonds is 4. The van der Waals surface area contributed by atoms with Crippen LogP contribution in [0.5, 0.6) is 11.5 Å². The second-order valence-electron chi connectivity index (χ2n) is 4.37. The monoisotopic (exact) mass is 272 g/mol. The summed E-state index contributed by atoms with van der Waals surface area (Å²) in [7, 11) is 3.38. The molecule has 0 radical (unpaired) electrons. The lowest BCUT2D eigenvalue weighted by Gasteiger charge is -2.03. The normalized spacial score (nSPS) is 9.40. The fraction of sp³-hybridized carbons (Fsp3) is 0.333. The standard InChI is InChI=1S/2C9H12O/c1-3-8-4-6-9(10-2)7-5-8;1-3-8-6-4-5-7-9(8)10-2/h2*4-7H,3H2,1-2H3. The molecular formula is C18H24O2. The van der Waals surface area contributed by atoms with E-state index in [-0.39, 0.29) is 0 Å². The first-order valence-corrected chi connectivity index (χ1v) is 6.99. The average molecular weight is 272 g/mol. The van der Waals surface area contributed by atoms with Gasteiger partial charge in [-0.3, -0.25) is 0 Å². The van der Waals surface area contributed by atoms with Crippen molar-refractivity contribution < 1.29 is 9.47 Å². The predicted octanol–water partition coefficient (Wildman–Crippen LogP) is 4.52. The van der Waals surface area contributed by atoms with E-state index in [4.69, 9.17) is 9.47 Å². The van der Waals surface area contributed by atoms with Crippen LogP contribution in [0, 0.1) is 0 Å². The molecule has 0 aromatic heterocycles. The SMILES string of the molecule is CCc1ccc(OC)cc1.CCc1ccccc1OC. The molecule has 2 aromatic rings. The van der Waals surface area contributed by atoms with Gasteiger partial charge in [0.2, 0.25) is 0 Å². The number of benzene rings is 2. The number of aryl methyl sites for hydroxylation is 2. The van der Waals surface area contributed by atoms with E-state index in [1.807, 2.05) is 30.3 Å². The molecule has 0 amide bonds. The van der Waals surface area contributed by atoms with Crippen molar-refractivity contribution in [2.24, 2.45) is 0 Å². The summed E-state index contributed by atoms with van der Waals surface area (Å²) in [5.74, 6) is 1.92. The second-order valence-corrected chi connectivity index (χ2v) is 4.37. The summed E-state index contributed by atoms with van der Waals surface area (Å²) in [4.78, 5) is 0. The minimum absolute atomic E-state index is 0.928. The molecule has 2 aromatic carbocycles. The van der Waals surface area contributed by atoms with Gasteiger partial charge < -0.3 is 9.47 Å². The Hall–Kier alpha value is -1.96. The fourth-order valence-corrected chi connectivity index (χ4v) is 1.86. The molecule has 0 spiro atoms. The van der Waals surface area contributed by atoms with Gasteiger partial charge in [0.15, 0.2) is 0 Å². The third kappa shape index (κ3) is 4.96. The molecule has 0 atom stereocenters. The molecule has 0 aliphatic rings. The van der Waals surface area contributed by atoms with E-state index in [9.17, 15) is 0 Å². The molecule has 0 unspecified atom stereocenters. The molecule has 0 N–H and O–H groups in total. The highest BCUT2D eigenvalue weighted by Gasteiger charge is 1.95. The molecule has 0 saturated carbocycles. The van der Waals surface area contributed by atoms with Gasteiger partial charge in [0.25, 0.3) is 0 Å². The largest absolute Gasteiger partial charge is 0.497 e. The van der Waals surface area contributed by atoms with E-state index in [2.05, 4.69) is 32.0 Å². The van der Waals surface area contributed by atoms with Gasteiger partial charge in [-0.1, -0.05) is 44.2 Å². The maximum atomic E-state index is 5.14. The third-order valence-electron chi connectivity index (χ3n) is 3.14. The van der Waals surface area contributed by atoms with Crippen LogP contribution in [0.1, 0.15) is 25.0 Å². The van der Waals surface area contributed by atoms with Crippen molar-refractivity contribution >= 4 is 0 Å². The van der Waals surface area contributed by atoms with Crippen molar-refractivity contribution in [3.8, 4) is 11.5 Å². The van der Waals surface area contributed by atoms with Gasteiger partial charge in [0.05, 0.1) is 14.2 Å². The molecule has 0 fully saturated rings. The Labute approximate surface area is 122 Å². The van der Waals surface area contributed by atoms with Crippen molar-refractivity contribution in [2.45, 2.75) is 26.7 Å². The highest BCUT2D eigenvalue weighted by molar-refractivity contribution is 5.32. The van der Waals surface area contributed by atoms with Gasteiger partial charge in [-0.25, -0.2) is 0 Å². The van der Waals surface area contributed by atoms with E-state index in [0.29, 0.717) is 0 Å². The van der Waals surface area contributed by atoms with Crippen molar-refractivity contribution in [2.75, 3.05) is 14.2 Å². The predicted molar refractivity (Wildman–Crippen MR) is 84.7 cm³/mol. The Morgan fingerprint density at radius 1 is 0.750 bits per heavy atom. The number of para-hydroxylation sites is 1. The van der Waals surface area contributed by atoms with Crippen LogP contribution in [0.4, 0.5) is 0 Å². The zero-order valence-corrected chi connectivity index (χ0v) is 12.8. The van der Waals surface area contributed by atoms with Crippen molar-refractivity contribution in [1.29, 1.82) is 0 Å². The molecule has 2 rings (SSSR count). The number of ether oxygens (including phenoxy) is 2. The summed E-state index contributed by atoms with van der Waals surface area (Å²) < 4.78 is 10.1. The average Bonchev–Trinajstić information content (AvgIpc) is 2.55. The Balaban J connectivity index is 0.000000200. The summed E-state index contributed by atoms with van der Waals surface area (Å²) in [5.41, 5.74) is 2.62. The molecule has 2 heteroatoms. The number of hydrogen-bond acceptors (Lipinski definition) is 2. The van der Waals surface area contributed by atoms with Gasteiger partial charge >= 0.3 is 0 Å². The minimum atomic E-state index is 0.928. The van der Waals surface area contributed by atoms with Crippen LogP contribution in [0.15, 0.2) is 48.5 Å². The van der Waals surface area contributed by atoms with Gasteiger partial charge in [0, 0.05) is 0 Å². The molecule has 0 saturated heterocycles. The first-order valence-electron chi connectivity index (χ1n) is 6.99. The maximum absolute atomic E-state index is 5.14. The lowest BCUT2D eigenvalue weighted by molar-refractivity contribution is 0.410. The number of methoxy groups -OCH3 is 2. The highest BCUT2D eigenvalue weighted by atomic mass is 16.5. The van der Waals surface area contributed by atoms with Crippen LogP contribution in [0.25, 0.3) is 0 Å². The van der Waals surface area contributed by atoms with E-state index in [0.717, 1.165) is 24.3 Å². The summed E-state index contributed by atoms with van der Waals surface area (Å²) >= 11 is 0. The minimum Gasteiger partial charge on any atom is -0.497 e. The fourth-order valence-electron chi connectivity index (χ4n) is 1.86. The first kappa shape index (κ1) is 16.1. The second kappa shape index (κ2) is 9.03. The van der Waals surface area contributed by atoms with Gasteiger partial charge in [-0.15, -0.1) is 0 Å². The topological polar surface area (TPSA) is 18.5 Å². The molecule has 0 heterocycles. The lowest BCUT2D eigenvalue weighted by atomic mass is 10.1. The quantitative estimate of drug-likeness (QED) is 0.815. The van der Waals surface area contributed by atoms with Crippen LogP contribution in [-0.2, 0) is 12.8 Å². The first-order chi connectivity index (χ1) is 9.74. The molecule has 2 nitrogen and oxygen atoms in total. The highest BCUT2D eigenvalue weighted by Crippen LogP contribution is 2.16. The van der Waals surface area contributed by atoms with Gasteiger partial charge in [-0.2, -0.15) is 0 Å². The van der Waals surface area contributed by atoms with Crippen LogP contribution in [0.2, 0.25) is 0 Å². The Morgan fingerprint density at radius 3 is 1.85 bits per heavy atom. The number of hydrogen-bond donors (Lipinski definition) is 0. The summed E-state index contributed by atoms with van der Waals surface area (Å²) in [5, 5.41) is 0. The van der Waals surface area contributed by atoms with Crippen LogP contribution >= 0.6 is 0 Å². The molecule has 0 aliphatic carbocycles. The summed E-state index contributed by atoms with van der Waals surface area (Å²) in [6, 6.07) is 16.2. The van der Waals surface area contributed by atoms with Crippen LogP contribution in [0.3, 0.4) is 0 Å². The zero-order valence-electron chi connectivity index (χ0n) is 12.8. The van der Waals surface area contributed by atoms with Crippen LogP contribution in [-0.4, -0.2) is 14.2 Å². The van der Waals surface area contributed by atoms with E-state index in [1.165, 1.54) is 11.1 Å². The molecule has 20 heavy (non-hydrogen) atoms.